The lowest BCUT2D eigenvalue weighted by molar-refractivity contribution is 0.124. The number of hydrogen-bond donors (Lipinski definition) is 0. The van der Waals surface area contributed by atoms with E-state index in [9.17, 15) is 25.6 Å². The van der Waals surface area contributed by atoms with E-state index < -0.39 is 42.0 Å². The van der Waals surface area contributed by atoms with Crippen molar-refractivity contribution in [1.82, 2.24) is 0 Å². The first-order valence-corrected chi connectivity index (χ1v) is 13.0. The molecule has 4 rings (SSSR count). The zero-order chi connectivity index (χ0) is 21.7. The summed E-state index contributed by atoms with van der Waals surface area (Å²) in [5, 5.41) is 0. The van der Waals surface area contributed by atoms with Gasteiger partial charge in [-0.05, 0) is 49.2 Å². The van der Waals surface area contributed by atoms with Crippen molar-refractivity contribution in [3.8, 4) is 5.75 Å². The van der Waals surface area contributed by atoms with Crippen molar-refractivity contribution in [2.75, 3.05) is 12.4 Å². The van der Waals surface area contributed by atoms with E-state index in [-0.39, 0.29) is 39.9 Å². The molecule has 0 saturated heterocycles. The maximum atomic E-state index is 15.0. The number of hydrogen-bond acceptors (Lipinski definition) is 5. The molecule has 0 aromatic heterocycles. The predicted molar refractivity (Wildman–Crippen MR) is 107 cm³/mol. The second-order valence-corrected chi connectivity index (χ2v) is 12.2. The Morgan fingerprint density at radius 3 is 2.27 bits per heavy atom. The van der Waals surface area contributed by atoms with Gasteiger partial charge in [0.05, 0.1) is 27.7 Å². The largest absolute Gasteiger partial charge is 0.490 e. The topological polar surface area (TPSA) is 77.5 Å². The van der Waals surface area contributed by atoms with E-state index in [4.69, 9.17) is 4.74 Å². The van der Waals surface area contributed by atoms with E-state index in [0.29, 0.717) is 12.8 Å². The Bertz CT molecular complexity index is 1190. The van der Waals surface area contributed by atoms with Gasteiger partial charge in [-0.1, -0.05) is 19.8 Å². The third kappa shape index (κ3) is 2.97. The van der Waals surface area contributed by atoms with E-state index in [1.165, 1.54) is 31.2 Å². The van der Waals surface area contributed by atoms with Gasteiger partial charge in [-0.25, -0.2) is 25.6 Å². The molecule has 1 aliphatic heterocycles. The minimum absolute atomic E-state index is 0.0189. The van der Waals surface area contributed by atoms with E-state index in [0.717, 1.165) is 18.6 Å². The van der Waals surface area contributed by atoms with Crippen LogP contribution < -0.4 is 4.74 Å². The normalized spacial score (nSPS) is 23.9. The highest BCUT2D eigenvalue weighted by Gasteiger charge is 2.58. The third-order valence-electron chi connectivity index (χ3n) is 6.27. The predicted octanol–water partition coefficient (Wildman–Crippen LogP) is 4.01. The van der Waals surface area contributed by atoms with Crippen LogP contribution in [0.25, 0.3) is 0 Å². The summed E-state index contributed by atoms with van der Waals surface area (Å²) >= 11 is 0. The zero-order valence-corrected chi connectivity index (χ0v) is 18.0. The Morgan fingerprint density at radius 2 is 1.60 bits per heavy atom. The summed E-state index contributed by atoms with van der Waals surface area (Å²) in [6.45, 7) is 1.48. The Labute approximate surface area is 174 Å². The molecular formula is C21H22F2O5S2. The van der Waals surface area contributed by atoms with Gasteiger partial charge in [-0.2, -0.15) is 0 Å². The van der Waals surface area contributed by atoms with Gasteiger partial charge in [-0.15, -0.1) is 0 Å². The van der Waals surface area contributed by atoms with E-state index in [1.807, 2.05) is 0 Å². The van der Waals surface area contributed by atoms with Crippen molar-refractivity contribution in [2.45, 2.75) is 47.1 Å². The molecule has 0 radical (unpaired) electrons. The molecule has 162 valence electrons. The fraction of sp³-hybridized carbons (Fsp3) is 0.429. The molecule has 0 spiro atoms. The van der Waals surface area contributed by atoms with Crippen LogP contribution in [0.1, 0.15) is 38.2 Å². The van der Waals surface area contributed by atoms with Crippen molar-refractivity contribution in [3.05, 3.63) is 53.6 Å². The van der Waals surface area contributed by atoms with Crippen LogP contribution in [0.2, 0.25) is 0 Å². The van der Waals surface area contributed by atoms with Gasteiger partial charge in [0, 0.05) is 5.92 Å². The molecule has 2 atom stereocenters. The van der Waals surface area contributed by atoms with Crippen LogP contribution in [-0.2, 0) is 24.4 Å². The molecule has 30 heavy (non-hydrogen) atoms. The summed E-state index contributed by atoms with van der Waals surface area (Å²) in [4.78, 5) is -0.0905. The molecule has 1 heterocycles. The lowest BCUT2D eigenvalue weighted by Crippen LogP contribution is -2.50. The second kappa shape index (κ2) is 7.30. The molecule has 5 nitrogen and oxygen atoms in total. The van der Waals surface area contributed by atoms with Gasteiger partial charge in [0.15, 0.2) is 31.2 Å². The summed E-state index contributed by atoms with van der Waals surface area (Å²) in [6.07, 6.45) is 1.97. The third-order valence-corrected chi connectivity index (χ3v) is 10.6. The minimum atomic E-state index is -4.19. The number of rotatable bonds is 4. The van der Waals surface area contributed by atoms with Gasteiger partial charge in [0.2, 0.25) is 0 Å². The van der Waals surface area contributed by atoms with Crippen LogP contribution in [0.3, 0.4) is 0 Å². The maximum Gasteiger partial charge on any atom is 0.188 e. The van der Waals surface area contributed by atoms with Crippen molar-refractivity contribution in [1.29, 1.82) is 0 Å². The Hall–Kier alpha value is -2.00. The average molecular weight is 457 g/mol. The first kappa shape index (κ1) is 21.2. The van der Waals surface area contributed by atoms with Gasteiger partial charge >= 0.3 is 0 Å². The van der Waals surface area contributed by atoms with Gasteiger partial charge in [-0.3, -0.25) is 0 Å². The molecular weight excluding hydrogens is 434 g/mol. The van der Waals surface area contributed by atoms with Crippen LogP contribution in [0.15, 0.2) is 46.2 Å². The molecule has 1 unspecified atom stereocenters. The highest BCUT2D eigenvalue weighted by atomic mass is 32.2. The number of halogens is 2. The lowest BCUT2D eigenvalue weighted by atomic mass is 9.73. The molecule has 1 saturated carbocycles. The van der Waals surface area contributed by atoms with Gasteiger partial charge < -0.3 is 4.74 Å². The van der Waals surface area contributed by atoms with Crippen LogP contribution >= 0.6 is 0 Å². The quantitative estimate of drug-likeness (QED) is 0.695. The molecule has 2 aromatic rings. The highest BCUT2D eigenvalue weighted by molar-refractivity contribution is 7.92. The molecule has 2 aliphatic rings. The summed E-state index contributed by atoms with van der Waals surface area (Å²) in [5.41, 5.74) is -0.247. The Balaban J connectivity index is 1.94. The standard InChI is InChI=1S/C21H22F2O5S2/c1-2-29(24,25)15-6-8-16(9-7-15)30(26,27)21-12-4-3-5-14(21)13-28-20-18(23)11-10-17(22)19(20)21/h6-11,14H,2-5,12-13H2,1H3/t14?,21-/m0/s1. The molecule has 1 aliphatic carbocycles. The molecule has 0 N–H and O–H groups in total. The number of sulfone groups is 2. The average Bonchev–Trinajstić information content (AvgIpc) is 2.75. The number of ether oxygens (including phenoxy) is 1. The lowest BCUT2D eigenvalue weighted by Gasteiger charge is -2.47. The van der Waals surface area contributed by atoms with Crippen LogP contribution in [0, 0.1) is 17.6 Å². The summed E-state index contributed by atoms with van der Waals surface area (Å²) in [6, 6.07) is 6.85. The Morgan fingerprint density at radius 1 is 0.967 bits per heavy atom. The van der Waals surface area contributed by atoms with E-state index in [2.05, 4.69) is 0 Å². The molecule has 9 heteroatoms. The smallest absolute Gasteiger partial charge is 0.188 e. The fourth-order valence-corrected chi connectivity index (χ4v) is 8.00. The monoisotopic (exact) mass is 456 g/mol. The van der Waals surface area contributed by atoms with Crippen LogP contribution in [-0.4, -0.2) is 29.2 Å². The van der Waals surface area contributed by atoms with Crippen molar-refractivity contribution in [2.24, 2.45) is 5.92 Å². The summed E-state index contributed by atoms with van der Waals surface area (Å²) < 4.78 is 85.2. The molecule has 2 aromatic carbocycles. The SMILES string of the molecule is CCS(=O)(=O)c1ccc(S(=O)(=O)[C@@]23CCCCC2COc2c(F)ccc(F)c23)cc1. The van der Waals surface area contributed by atoms with Crippen LogP contribution in [0.4, 0.5) is 8.78 Å². The van der Waals surface area contributed by atoms with E-state index >= 15 is 0 Å². The fourth-order valence-electron chi connectivity index (χ4n) is 4.71. The van der Waals surface area contributed by atoms with Gasteiger partial charge in [0.1, 0.15) is 10.6 Å². The number of benzene rings is 2. The summed E-state index contributed by atoms with van der Waals surface area (Å²) in [7, 11) is -7.68. The van der Waals surface area contributed by atoms with Crippen LogP contribution in [0.5, 0.6) is 5.75 Å². The van der Waals surface area contributed by atoms with Gasteiger partial charge in [0.25, 0.3) is 0 Å². The molecule has 1 fully saturated rings. The first-order chi connectivity index (χ1) is 14.1. The summed E-state index contributed by atoms with van der Waals surface area (Å²) in [5.74, 6) is -2.59. The first-order valence-electron chi connectivity index (χ1n) is 9.84. The molecule has 0 bridgehead atoms. The molecule has 0 amide bonds. The second-order valence-electron chi connectivity index (χ2n) is 7.75. The zero-order valence-electron chi connectivity index (χ0n) is 16.4. The minimum Gasteiger partial charge on any atom is -0.490 e. The Kier molecular flexibility index (Phi) is 5.17. The number of fused-ring (bicyclic) bond motifs is 3. The van der Waals surface area contributed by atoms with Crippen molar-refractivity contribution < 1.29 is 30.4 Å². The van der Waals surface area contributed by atoms with Crippen molar-refractivity contribution >= 4 is 19.7 Å². The highest BCUT2D eigenvalue weighted by Crippen LogP contribution is 2.56. The van der Waals surface area contributed by atoms with E-state index in [1.54, 1.807) is 0 Å². The van der Waals surface area contributed by atoms with Crippen molar-refractivity contribution in [3.63, 3.8) is 0 Å². The maximum absolute atomic E-state index is 15.0.